The number of hydrogen-bond donors (Lipinski definition) is 0. The number of morpholine rings is 2. The lowest BCUT2D eigenvalue weighted by atomic mass is 10.3. The summed E-state index contributed by atoms with van der Waals surface area (Å²) in [6.07, 6.45) is 4.56. The SMILES string of the molecule is C(=CCN1CCOCC1)CN1CCOCC1. The van der Waals surface area contributed by atoms with Crippen molar-refractivity contribution in [3.63, 3.8) is 0 Å². The van der Waals surface area contributed by atoms with E-state index in [1.807, 2.05) is 0 Å². The first-order valence-electron chi connectivity index (χ1n) is 6.20. The Balaban J connectivity index is 1.57. The molecule has 0 unspecified atom stereocenters. The molecule has 2 heterocycles. The minimum atomic E-state index is 0.886. The van der Waals surface area contributed by atoms with Crippen molar-refractivity contribution >= 4 is 0 Å². The van der Waals surface area contributed by atoms with Crippen molar-refractivity contribution in [2.24, 2.45) is 0 Å². The summed E-state index contributed by atoms with van der Waals surface area (Å²) in [5.41, 5.74) is 0. The Bertz CT molecular complexity index is 187. The minimum Gasteiger partial charge on any atom is -0.379 e. The van der Waals surface area contributed by atoms with Gasteiger partial charge in [0.1, 0.15) is 0 Å². The molecule has 2 saturated heterocycles. The molecular formula is C12H22N2O2. The van der Waals surface area contributed by atoms with E-state index in [1.165, 1.54) is 0 Å². The van der Waals surface area contributed by atoms with Crippen LogP contribution in [0.3, 0.4) is 0 Å². The zero-order valence-electron chi connectivity index (χ0n) is 9.94. The zero-order chi connectivity index (χ0) is 11.1. The Morgan fingerprint density at radius 1 is 0.688 bits per heavy atom. The van der Waals surface area contributed by atoms with Gasteiger partial charge in [0, 0.05) is 39.3 Å². The van der Waals surface area contributed by atoms with Crippen LogP contribution in [0.4, 0.5) is 0 Å². The highest BCUT2D eigenvalue weighted by Gasteiger charge is 2.09. The van der Waals surface area contributed by atoms with Crippen molar-refractivity contribution in [1.29, 1.82) is 0 Å². The van der Waals surface area contributed by atoms with Crippen LogP contribution in [0.2, 0.25) is 0 Å². The average molecular weight is 226 g/mol. The molecule has 0 aromatic carbocycles. The van der Waals surface area contributed by atoms with Gasteiger partial charge in [-0.25, -0.2) is 0 Å². The maximum absolute atomic E-state index is 5.31. The van der Waals surface area contributed by atoms with Crippen molar-refractivity contribution < 1.29 is 9.47 Å². The van der Waals surface area contributed by atoms with E-state index in [-0.39, 0.29) is 0 Å². The maximum atomic E-state index is 5.31. The quantitative estimate of drug-likeness (QED) is 0.640. The Kier molecular flexibility index (Phi) is 5.28. The van der Waals surface area contributed by atoms with E-state index in [0.29, 0.717) is 0 Å². The summed E-state index contributed by atoms with van der Waals surface area (Å²) in [4.78, 5) is 4.86. The molecule has 0 spiro atoms. The molecule has 4 nitrogen and oxygen atoms in total. The van der Waals surface area contributed by atoms with E-state index >= 15 is 0 Å². The third-order valence-electron chi connectivity index (χ3n) is 3.10. The van der Waals surface area contributed by atoms with Crippen LogP contribution in [0.15, 0.2) is 12.2 Å². The lowest BCUT2D eigenvalue weighted by Crippen LogP contribution is -2.37. The van der Waals surface area contributed by atoms with Gasteiger partial charge in [0.2, 0.25) is 0 Å². The van der Waals surface area contributed by atoms with Crippen LogP contribution in [-0.4, -0.2) is 75.5 Å². The number of ether oxygens (including phenoxy) is 2. The van der Waals surface area contributed by atoms with Gasteiger partial charge in [-0.15, -0.1) is 0 Å². The van der Waals surface area contributed by atoms with Crippen LogP contribution in [-0.2, 0) is 9.47 Å². The summed E-state index contributed by atoms with van der Waals surface area (Å²) in [6.45, 7) is 9.96. The summed E-state index contributed by atoms with van der Waals surface area (Å²) in [5.74, 6) is 0. The molecule has 0 N–H and O–H groups in total. The molecule has 0 aromatic rings. The normalized spacial score (nSPS) is 25.2. The van der Waals surface area contributed by atoms with Gasteiger partial charge < -0.3 is 9.47 Å². The Labute approximate surface area is 97.8 Å². The van der Waals surface area contributed by atoms with Gasteiger partial charge >= 0.3 is 0 Å². The number of hydrogen-bond acceptors (Lipinski definition) is 4. The Hall–Kier alpha value is -0.420. The molecule has 0 amide bonds. The molecule has 0 aromatic heterocycles. The topological polar surface area (TPSA) is 24.9 Å². The lowest BCUT2D eigenvalue weighted by Gasteiger charge is -2.26. The molecule has 0 saturated carbocycles. The maximum Gasteiger partial charge on any atom is 0.0594 e. The van der Waals surface area contributed by atoms with Crippen LogP contribution in [0.1, 0.15) is 0 Å². The fourth-order valence-electron chi connectivity index (χ4n) is 2.01. The highest BCUT2D eigenvalue weighted by molar-refractivity contribution is 4.88. The van der Waals surface area contributed by atoms with Gasteiger partial charge in [0.25, 0.3) is 0 Å². The minimum absolute atomic E-state index is 0.886. The summed E-state index contributed by atoms with van der Waals surface area (Å²) in [6, 6.07) is 0. The van der Waals surface area contributed by atoms with Gasteiger partial charge in [0.15, 0.2) is 0 Å². The van der Waals surface area contributed by atoms with E-state index in [9.17, 15) is 0 Å². The fourth-order valence-corrected chi connectivity index (χ4v) is 2.01. The first kappa shape index (κ1) is 12.0. The number of rotatable bonds is 4. The van der Waals surface area contributed by atoms with E-state index in [1.54, 1.807) is 0 Å². The molecule has 0 radical (unpaired) electrons. The van der Waals surface area contributed by atoms with Crippen molar-refractivity contribution in [3.8, 4) is 0 Å². The van der Waals surface area contributed by atoms with Crippen LogP contribution in [0.5, 0.6) is 0 Å². The summed E-state index contributed by atoms with van der Waals surface area (Å²) >= 11 is 0. The molecule has 2 rings (SSSR count). The predicted octanol–water partition coefficient (Wildman–Crippen LogP) is 0.207. The molecule has 2 aliphatic rings. The smallest absolute Gasteiger partial charge is 0.0594 e. The highest BCUT2D eigenvalue weighted by atomic mass is 16.5. The Morgan fingerprint density at radius 3 is 1.44 bits per heavy atom. The van der Waals surface area contributed by atoms with Crippen LogP contribution in [0, 0.1) is 0 Å². The first-order chi connectivity index (χ1) is 7.95. The molecule has 0 atom stereocenters. The van der Waals surface area contributed by atoms with Crippen LogP contribution in [0.25, 0.3) is 0 Å². The van der Waals surface area contributed by atoms with Gasteiger partial charge in [-0.3, -0.25) is 9.80 Å². The van der Waals surface area contributed by atoms with Crippen molar-refractivity contribution in [2.75, 3.05) is 65.7 Å². The summed E-state index contributed by atoms with van der Waals surface area (Å²) in [7, 11) is 0. The Morgan fingerprint density at radius 2 is 1.06 bits per heavy atom. The second-order valence-corrected chi connectivity index (χ2v) is 4.30. The molecule has 4 heteroatoms. The molecule has 0 bridgehead atoms. The molecule has 0 aliphatic carbocycles. The molecule has 2 aliphatic heterocycles. The van der Waals surface area contributed by atoms with Crippen molar-refractivity contribution in [2.45, 2.75) is 0 Å². The van der Waals surface area contributed by atoms with Crippen molar-refractivity contribution in [1.82, 2.24) is 9.80 Å². The van der Waals surface area contributed by atoms with E-state index < -0.39 is 0 Å². The third-order valence-corrected chi connectivity index (χ3v) is 3.10. The zero-order valence-corrected chi connectivity index (χ0v) is 9.94. The number of nitrogens with zero attached hydrogens (tertiary/aromatic N) is 2. The molecular weight excluding hydrogens is 204 g/mol. The predicted molar refractivity (Wildman–Crippen MR) is 63.7 cm³/mol. The van der Waals surface area contributed by atoms with Crippen LogP contribution < -0.4 is 0 Å². The monoisotopic (exact) mass is 226 g/mol. The first-order valence-corrected chi connectivity index (χ1v) is 6.20. The lowest BCUT2D eigenvalue weighted by molar-refractivity contribution is 0.0417. The third kappa shape index (κ3) is 4.22. The highest BCUT2D eigenvalue weighted by Crippen LogP contribution is 1.98. The van der Waals surface area contributed by atoms with E-state index in [4.69, 9.17) is 9.47 Å². The van der Waals surface area contributed by atoms with E-state index in [0.717, 1.165) is 65.7 Å². The molecule has 92 valence electrons. The molecule has 2 fully saturated rings. The van der Waals surface area contributed by atoms with Gasteiger partial charge in [-0.05, 0) is 0 Å². The van der Waals surface area contributed by atoms with Crippen molar-refractivity contribution in [3.05, 3.63) is 12.2 Å². The summed E-state index contributed by atoms with van der Waals surface area (Å²) < 4.78 is 10.6. The second-order valence-electron chi connectivity index (χ2n) is 4.30. The van der Waals surface area contributed by atoms with Crippen LogP contribution >= 0.6 is 0 Å². The van der Waals surface area contributed by atoms with Gasteiger partial charge in [0.05, 0.1) is 26.4 Å². The van der Waals surface area contributed by atoms with E-state index in [2.05, 4.69) is 22.0 Å². The largest absolute Gasteiger partial charge is 0.379 e. The fraction of sp³-hybridized carbons (Fsp3) is 0.833. The molecule has 16 heavy (non-hydrogen) atoms. The van der Waals surface area contributed by atoms with Gasteiger partial charge in [-0.2, -0.15) is 0 Å². The summed E-state index contributed by atoms with van der Waals surface area (Å²) in [5, 5.41) is 0. The second kappa shape index (κ2) is 7.01. The van der Waals surface area contributed by atoms with Gasteiger partial charge in [-0.1, -0.05) is 12.2 Å². The standard InChI is InChI=1S/C12H22N2O2/c1(3-13-5-9-15-10-6-13)2-4-14-7-11-16-12-8-14/h1-2H,3-12H2. The average Bonchev–Trinajstić information content (AvgIpc) is 2.37.